The predicted molar refractivity (Wildman–Crippen MR) is 99.1 cm³/mol. The Labute approximate surface area is 152 Å². The Kier molecular flexibility index (Phi) is 7.08. The minimum Gasteiger partial charge on any atom is -0.350 e. The third-order valence-electron chi connectivity index (χ3n) is 4.06. The van der Waals surface area contributed by atoms with Gasteiger partial charge in [0.15, 0.2) is 0 Å². The molecule has 138 valence electrons. The second-order valence-corrected chi connectivity index (χ2v) is 6.21. The molecule has 0 aromatic heterocycles. The maximum absolute atomic E-state index is 12.4. The molecule has 0 aliphatic heterocycles. The molecule has 0 heterocycles. The molecule has 2 rings (SSSR count). The van der Waals surface area contributed by atoms with Crippen molar-refractivity contribution in [1.29, 1.82) is 0 Å². The van der Waals surface area contributed by atoms with Gasteiger partial charge in [0.05, 0.1) is 4.92 Å². The molecule has 1 aliphatic carbocycles. The number of rotatable bonds is 7. The molecule has 0 saturated carbocycles. The van der Waals surface area contributed by atoms with E-state index in [-0.39, 0.29) is 17.3 Å². The summed E-state index contributed by atoms with van der Waals surface area (Å²) in [6.07, 6.45) is 9.01. The summed E-state index contributed by atoms with van der Waals surface area (Å²) in [6, 6.07) is 5.88. The summed E-state index contributed by atoms with van der Waals surface area (Å²) in [4.78, 5) is 34.2. The first kappa shape index (κ1) is 19.4. The third kappa shape index (κ3) is 6.16. The van der Waals surface area contributed by atoms with Crippen LogP contribution in [0.25, 0.3) is 6.08 Å². The summed E-state index contributed by atoms with van der Waals surface area (Å²) in [5.74, 6) is -0.796. The summed E-state index contributed by atoms with van der Waals surface area (Å²) in [5.41, 5.74) is 1.80. The molecule has 1 aromatic carbocycles. The van der Waals surface area contributed by atoms with E-state index in [9.17, 15) is 19.7 Å². The van der Waals surface area contributed by atoms with Gasteiger partial charge in [0.2, 0.25) is 5.91 Å². The van der Waals surface area contributed by atoms with Crippen LogP contribution in [0.15, 0.2) is 41.6 Å². The smallest absolute Gasteiger partial charge is 0.270 e. The number of allylic oxidation sites excluding steroid dienone is 1. The number of nitro groups is 1. The molecule has 26 heavy (non-hydrogen) atoms. The highest BCUT2D eigenvalue weighted by Gasteiger charge is 2.13. The normalized spacial score (nSPS) is 14.3. The fourth-order valence-electron chi connectivity index (χ4n) is 2.81. The molecule has 2 N–H and O–H groups in total. The van der Waals surface area contributed by atoms with Crippen LogP contribution in [-0.4, -0.2) is 23.3 Å². The molecule has 1 aliphatic rings. The highest BCUT2D eigenvalue weighted by atomic mass is 16.6. The SMILES string of the molecule is CC(=O)NC(=Cc1cccc([N+](=O)[O-])c1)C(=O)NCCC1=CCCCC1. The van der Waals surface area contributed by atoms with Crippen molar-refractivity contribution < 1.29 is 14.5 Å². The molecule has 0 unspecified atom stereocenters. The molecule has 0 bridgehead atoms. The van der Waals surface area contributed by atoms with Crippen molar-refractivity contribution in [3.63, 3.8) is 0 Å². The minimum absolute atomic E-state index is 0.0654. The van der Waals surface area contributed by atoms with E-state index in [1.807, 2.05) is 0 Å². The number of benzene rings is 1. The number of hydrogen-bond acceptors (Lipinski definition) is 4. The van der Waals surface area contributed by atoms with Gasteiger partial charge in [-0.1, -0.05) is 23.8 Å². The molecule has 1 aromatic rings. The lowest BCUT2D eigenvalue weighted by Gasteiger charge is -2.14. The van der Waals surface area contributed by atoms with Crippen LogP contribution in [0.5, 0.6) is 0 Å². The Morgan fingerprint density at radius 1 is 1.31 bits per heavy atom. The highest BCUT2D eigenvalue weighted by Crippen LogP contribution is 2.19. The van der Waals surface area contributed by atoms with Crippen molar-refractivity contribution in [2.75, 3.05) is 6.54 Å². The molecule has 0 saturated heterocycles. The van der Waals surface area contributed by atoms with Crippen molar-refractivity contribution in [2.45, 2.75) is 39.0 Å². The number of nitro benzene ring substituents is 1. The average molecular weight is 357 g/mol. The standard InChI is InChI=1S/C19H23N3O4/c1-14(23)21-18(13-16-8-5-9-17(12-16)22(25)26)19(24)20-11-10-15-6-3-2-4-7-15/h5-6,8-9,12-13H,2-4,7,10-11H2,1H3,(H,20,24)(H,21,23). The summed E-state index contributed by atoms with van der Waals surface area (Å²) < 4.78 is 0. The Morgan fingerprint density at radius 3 is 2.77 bits per heavy atom. The van der Waals surface area contributed by atoms with Gasteiger partial charge in [-0.15, -0.1) is 0 Å². The Morgan fingerprint density at radius 2 is 2.12 bits per heavy atom. The molecular weight excluding hydrogens is 334 g/mol. The van der Waals surface area contributed by atoms with E-state index >= 15 is 0 Å². The van der Waals surface area contributed by atoms with E-state index in [0.717, 1.165) is 19.3 Å². The summed E-state index contributed by atoms with van der Waals surface area (Å²) in [6.45, 7) is 1.79. The zero-order chi connectivity index (χ0) is 18.9. The Bertz CT molecular complexity index is 753. The number of nitrogens with zero attached hydrogens (tertiary/aromatic N) is 1. The van der Waals surface area contributed by atoms with E-state index in [2.05, 4.69) is 16.7 Å². The number of hydrogen-bond donors (Lipinski definition) is 2. The van der Waals surface area contributed by atoms with Crippen molar-refractivity contribution in [3.05, 3.63) is 57.3 Å². The zero-order valence-electron chi connectivity index (χ0n) is 14.8. The van der Waals surface area contributed by atoms with Crippen LogP contribution in [0, 0.1) is 10.1 Å². The fourth-order valence-corrected chi connectivity index (χ4v) is 2.81. The quantitative estimate of drug-likeness (QED) is 0.339. The molecule has 7 heteroatoms. The topological polar surface area (TPSA) is 101 Å². The van der Waals surface area contributed by atoms with Crippen LogP contribution in [0.4, 0.5) is 5.69 Å². The number of carbonyl (C=O) groups is 2. The van der Waals surface area contributed by atoms with E-state index in [1.54, 1.807) is 6.07 Å². The van der Waals surface area contributed by atoms with Gasteiger partial charge in [0.25, 0.3) is 11.6 Å². The number of non-ortho nitro benzene ring substituents is 1. The van der Waals surface area contributed by atoms with Gasteiger partial charge in [-0.3, -0.25) is 19.7 Å². The average Bonchev–Trinajstić information content (AvgIpc) is 2.62. The first-order valence-corrected chi connectivity index (χ1v) is 8.65. The third-order valence-corrected chi connectivity index (χ3v) is 4.06. The molecule has 0 spiro atoms. The van der Waals surface area contributed by atoms with Gasteiger partial charge in [0, 0.05) is 25.6 Å². The second-order valence-electron chi connectivity index (χ2n) is 6.21. The molecule has 0 radical (unpaired) electrons. The van der Waals surface area contributed by atoms with Gasteiger partial charge in [0.1, 0.15) is 5.70 Å². The molecule has 0 atom stereocenters. The fraction of sp³-hybridized carbons (Fsp3) is 0.368. The summed E-state index contributed by atoms with van der Waals surface area (Å²) in [7, 11) is 0. The lowest BCUT2D eigenvalue weighted by Crippen LogP contribution is -2.34. The van der Waals surface area contributed by atoms with E-state index in [4.69, 9.17) is 0 Å². The van der Waals surface area contributed by atoms with Gasteiger partial charge in [-0.05, 0) is 43.7 Å². The van der Waals surface area contributed by atoms with Crippen LogP contribution in [0.3, 0.4) is 0 Å². The van der Waals surface area contributed by atoms with Crippen molar-refractivity contribution >= 4 is 23.6 Å². The minimum atomic E-state index is -0.507. The first-order valence-electron chi connectivity index (χ1n) is 8.65. The van der Waals surface area contributed by atoms with Gasteiger partial charge < -0.3 is 10.6 Å². The van der Waals surface area contributed by atoms with E-state index in [0.29, 0.717) is 12.1 Å². The number of nitrogens with one attached hydrogen (secondary N) is 2. The molecule has 0 fully saturated rings. The summed E-state index contributed by atoms with van der Waals surface area (Å²) >= 11 is 0. The van der Waals surface area contributed by atoms with Crippen molar-refractivity contribution in [1.82, 2.24) is 10.6 Å². The Balaban J connectivity index is 2.06. The maximum Gasteiger partial charge on any atom is 0.270 e. The maximum atomic E-state index is 12.4. The summed E-state index contributed by atoms with van der Waals surface area (Å²) in [5, 5.41) is 16.2. The molecule has 7 nitrogen and oxygen atoms in total. The molecule has 2 amide bonds. The van der Waals surface area contributed by atoms with Gasteiger partial charge in [-0.2, -0.15) is 0 Å². The Hall–Kier alpha value is -2.96. The lowest BCUT2D eigenvalue weighted by molar-refractivity contribution is -0.384. The second kappa shape index (κ2) is 9.50. The van der Waals surface area contributed by atoms with Gasteiger partial charge >= 0.3 is 0 Å². The van der Waals surface area contributed by atoms with Crippen LogP contribution in [0.2, 0.25) is 0 Å². The number of carbonyl (C=O) groups excluding carboxylic acids is 2. The van der Waals surface area contributed by atoms with Crippen LogP contribution in [-0.2, 0) is 9.59 Å². The van der Waals surface area contributed by atoms with Crippen molar-refractivity contribution in [2.24, 2.45) is 0 Å². The van der Waals surface area contributed by atoms with E-state index < -0.39 is 10.8 Å². The predicted octanol–water partition coefficient (Wildman–Crippen LogP) is 3.08. The monoisotopic (exact) mass is 357 g/mol. The highest BCUT2D eigenvalue weighted by molar-refractivity contribution is 6.00. The number of amides is 2. The van der Waals surface area contributed by atoms with E-state index in [1.165, 1.54) is 49.6 Å². The molecular formula is C19H23N3O4. The van der Waals surface area contributed by atoms with Crippen LogP contribution < -0.4 is 10.6 Å². The van der Waals surface area contributed by atoms with Crippen LogP contribution >= 0.6 is 0 Å². The zero-order valence-corrected chi connectivity index (χ0v) is 14.8. The van der Waals surface area contributed by atoms with Gasteiger partial charge in [-0.25, -0.2) is 0 Å². The largest absolute Gasteiger partial charge is 0.350 e. The lowest BCUT2D eigenvalue weighted by atomic mass is 9.97. The van der Waals surface area contributed by atoms with Crippen molar-refractivity contribution in [3.8, 4) is 0 Å². The van der Waals surface area contributed by atoms with Crippen LogP contribution in [0.1, 0.15) is 44.6 Å². The first-order chi connectivity index (χ1) is 12.5.